The number of benzene rings is 2. The molecular formula is C20H23N3O6S3. The number of sulfone groups is 1. The molecule has 1 heterocycles. The van der Waals surface area contributed by atoms with Crippen LogP contribution < -0.4 is 10.5 Å². The quantitative estimate of drug-likeness (QED) is 0.457. The average Bonchev–Trinajstić information content (AvgIpc) is 3.09. The van der Waals surface area contributed by atoms with Gasteiger partial charge in [-0.15, -0.1) is 11.3 Å². The van der Waals surface area contributed by atoms with Crippen molar-refractivity contribution in [2.45, 2.75) is 11.9 Å². The first kappa shape index (κ1) is 24.3. The Bertz CT molecular complexity index is 1330. The Morgan fingerprint density at radius 1 is 1.12 bits per heavy atom. The van der Waals surface area contributed by atoms with Gasteiger partial charge in [0.1, 0.15) is 5.01 Å². The summed E-state index contributed by atoms with van der Waals surface area (Å²) in [5.74, 6) is -1.34. The molecule has 3 N–H and O–H groups in total. The largest absolute Gasteiger partial charge is 0.380 e. The lowest BCUT2D eigenvalue weighted by Gasteiger charge is -2.12. The molecule has 1 atom stereocenters. The van der Waals surface area contributed by atoms with Crippen molar-refractivity contribution in [2.24, 2.45) is 5.14 Å². The highest BCUT2D eigenvalue weighted by molar-refractivity contribution is 7.91. The number of hydrogen-bond acceptors (Lipinski definition) is 8. The van der Waals surface area contributed by atoms with Crippen molar-refractivity contribution in [1.82, 2.24) is 10.3 Å². The Morgan fingerprint density at radius 2 is 1.78 bits per heavy atom. The van der Waals surface area contributed by atoms with Crippen LogP contribution in [0.4, 0.5) is 0 Å². The van der Waals surface area contributed by atoms with Crippen LogP contribution in [0.25, 0.3) is 21.3 Å². The zero-order valence-corrected chi connectivity index (χ0v) is 19.9. The number of nitrogens with zero attached hydrogens (tertiary/aromatic N) is 1. The summed E-state index contributed by atoms with van der Waals surface area (Å²) in [5, 5.41) is 5.81. The van der Waals surface area contributed by atoms with E-state index in [9.17, 15) is 21.6 Å². The number of thiazole rings is 1. The maximum absolute atomic E-state index is 12.6. The van der Waals surface area contributed by atoms with Crippen LogP contribution in [0.3, 0.4) is 0 Å². The SMILES string of the molecule is COCc1ccc(-c2ccc3nc(C(C(=O)NCCS(N)(=O)=O)S(C)(=O)=O)sc3c2)cc1. The van der Waals surface area contributed by atoms with E-state index in [1.807, 2.05) is 36.4 Å². The van der Waals surface area contributed by atoms with Crippen molar-refractivity contribution in [3.8, 4) is 11.1 Å². The molecule has 32 heavy (non-hydrogen) atoms. The molecule has 0 radical (unpaired) electrons. The Labute approximate surface area is 190 Å². The van der Waals surface area contributed by atoms with Crippen molar-refractivity contribution >= 4 is 47.3 Å². The molecule has 3 rings (SSSR count). The van der Waals surface area contributed by atoms with Crippen molar-refractivity contribution in [2.75, 3.05) is 25.7 Å². The van der Waals surface area contributed by atoms with Crippen molar-refractivity contribution < 1.29 is 26.4 Å². The summed E-state index contributed by atoms with van der Waals surface area (Å²) in [5.41, 5.74) is 3.50. The maximum atomic E-state index is 12.6. The van der Waals surface area contributed by atoms with Crippen LogP contribution in [0.1, 0.15) is 15.8 Å². The molecule has 1 aromatic heterocycles. The number of methoxy groups -OCH3 is 1. The first-order chi connectivity index (χ1) is 15.0. The van der Waals surface area contributed by atoms with Crippen molar-refractivity contribution in [3.63, 3.8) is 0 Å². The first-order valence-electron chi connectivity index (χ1n) is 9.44. The number of aromatic nitrogens is 1. The highest BCUT2D eigenvalue weighted by Gasteiger charge is 2.33. The number of fused-ring (bicyclic) bond motifs is 1. The second-order valence-corrected chi connectivity index (χ2v) is 12.2. The predicted molar refractivity (Wildman–Crippen MR) is 124 cm³/mol. The Balaban J connectivity index is 1.90. The average molecular weight is 498 g/mol. The highest BCUT2D eigenvalue weighted by Crippen LogP contribution is 2.33. The number of nitrogens with one attached hydrogen (secondary N) is 1. The molecule has 1 amide bonds. The third kappa shape index (κ3) is 6.11. The molecule has 0 aliphatic carbocycles. The maximum Gasteiger partial charge on any atom is 0.245 e. The second-order valence-electron chi connectivity index (χ2n) is 7.23. The molecule has 0 fully saturated rings. The zero-order valence-electron chi connectivity index (χ0n) is 17.4. The van der Waals surface area contributed by atoms with Crippen LogP contribution in [0.15, 0.2) is 42.5 Å². The zero-order chi connectivity index (χ0) is 23.5. The van der Waals surface area contributed by atoms with E-state index in [1.54, 1.807) is 13.2 Å². The van der Waals surface area contributed by atoms with Gasteiger partial charge in [-0.1, -0.05) is 30.3 Å². The number of amides is 1. The molecule has 0 bridgehead atoms. The van der Waals surface area contributed by atoms with Gasteiger partial charge in [-0.2, -0.15) is 0 Å². The van der Waals surface area contributed by atoms with Gasteiger partial charge in [0.2, 0.25) is 15.9 Å². The molecule has 172 valence electrons. The smallest absolute Gasteiger partial charge is 0.245 e. The van der Waals surface area contributed by atoms with Gasteiger partial charge in [0.25, 0.3) is 0 Å². The second kappa shape index (κ2) is 9.63. The van der Waals surface area contributed by atoms with Crippen molar-refractivity contribution in [3.05, 3.63) is 53.0 Å². The summed E-state index contributed by atoms with van der Waals surface area (Å²) in [4.78, 5) is 16.9. The van der Waals surface area contributed by atoms with Gasteiger partial charge in [-0.05, 0) is 28.8 Å². The third-order valence-electron chi connectivity index (χ3n) is 4.58. The lowest BCUT2D eigenvalue weighted by Crippen LogP contribution is -2.37. The number of rotatable bonds is 9. The topological polar surface area (TPSA) is 146 Å². The van der Waals surface area contributed by atoms with E-state index in [0.29, 0.717) is 12.1 Å². The van der Waals surface area contributed by atoms with E-state index < -0.39 is 36.8 Å². The summed E-state index contributed by atoms with van der Waals surface area (Å²) < 4.78 is 52.6. The van der Waals surface area contributed by atoms with Gasteiger partial charge >= 0.3 is 0 Å². The molecule has 2 aromatic carbocycles. The summed E-state index contributed by atoms with van der Waals surface area (Å²) in [6.07, 6.45) is 0.940. The molecule has 0 aliphatic rings. The molecule has 0 aliphatic heterocycles. The highest BCUT2D eigenvalue weighted by atomic mass is 32.2. The van der Waals surface area contributed by atoms with E-state index in [-0.39, 0.29) is 11.6 Å². The van der Waals surface area contributed by atoms with Gasteiger partial charge in [0.05, 0.1) is 22.6 Å². The third-order valence-corrected chi connectivity index (χ3v) is 7.88. The minimum Gasteiger partial charge on any atom is -0.380 e. The molecule has 3 aromatic rings. The fourth-order valence-corrected chi connectivity index (χ4v) is 6.03. The molecule has 12 heteroatoms. The van der Waals surface area contributed by atoms with E-state index in [1.165, 1.54) is 0 Å². The Morgan fingerprint density at radius 3 is 2.38 bits per heavy atom. The molecule has 9 nitrogen and oxygen atoms in total. The number of carbonyl (C=O) groups is 1. The lowest BCUT2D eigenvalue weighted by molar-refractivity contribution is -0.120. The van der Waals surface area contributed by atoms with E-state index in [2.05, 4.69) is 10.3 Å². The van der Waals surface area contributed by atoms with Crippen LogP contribution in [0, 0.1) is 0 Å². The van der Waals surface area contributed by atoms with Crippen LogP contribution >= 0.6 is 11.3 Å². The van der Waals surface area contributed by atoms with Crippen LogP contribution in [0.5, 0.6) is 0 Å². The monoisotopic (exact) mass is 497 g/mol. The van der Waals surface area contributed by atoms with Gasteiger partial charge < -0.3 is 10.1 Å². The van der Waals surface area contributed by atoms with E-state index >= 15 is 0 Å². The van der Waals surface area contributed by atoms with Gasteiger partial charge in [-0.3, -0.25) is 4.79 Å². The van der Waals surface area contributed by atoms with Crippen LogP contribution in [-0.4, -0.2) is 53.4 Å². The Hall–Kier alpha value is -2.38. The number of hydrogen-bond donors (Lipinski definition) is 2. The molecule has 0 spiro atoms. The predicted octanol–water partition coefficient (Wildman–Crippen LogP) is 1.60. The fraction of sp³-hybridized carbons (Fsp3) is 0.300. The minimum absolute atomic E-state index is 0.114. The first-order valence-corrected chi connectivity index (χ1v) is 13.9. The Kier molecular flexibility index (Phi) is 7.30. The number of sulfonamides is 1. The number of ether oxygens (including phenoxy) is 1. The standard InChI is InChI=1S/C20H23N3O6S3/c1-29-12-13-3-5-14(6-4-13)15-7-8-16-17(11-15)30-20(23-16)18(31(2,25)26)19(24)22-9-10-32(21,27)28/h3-8,11,18H,9-10,12H2,1-2H3,(H,22,24)(H2,21,27,28). The van der Waals surface area contributed by atoms with Gasteiger partial charge in [0, 0.05) is 19.9 Å². The number of nitrogens with two attached hydrogens (primary N) is 1. The summed E-state index contributed by atoms with van der Waals surface area (Å²) >= 11 is 1.11. The summed E-state index contributed by atoms with van der Waals surface area (Å²) in [6, 6.07) is 13.4. The molecule has 0 saturated heterocycles. The number of carbonyl (C=O) groups excluding carboxylic acids is 1. The van der Waals surface area contributed by atoms with Crippen LogP contribution in [-0.2, 0) is 36.0 Å². The molecule has 0 saturated carbocycles. The van der Waals surface area contributed by atoms with Crippen molar-refractivity contribution in [1.29, 1.82) is 0 Å². The fourth-order valence-electron chi connectivity index (χ4n) is 3.09. The number of primary sulfonamides is 1. The minimum atomic E-state index is -3.86. The normalized spacial score (nSPS) is 13.2. The molecular weight excluding hydrogens is 474 g/mol. The lowest BCUT2D eigenvalue weighted by atomic mass is 10.0. The molecule has 1 unspecified atom stereocenters. The van der Waals surface area contributed by atoms with Crippen LogP contribution in [0.2, 0.25) is 0 Å². The summed E-state index contributed by atoms with van der Waals surface area (Å²) in [7, 11) is -6.02. The van der Waals surface area contributed by atoms with E-state index in [4.69, 9.17) is 9.88 Å². The summed E-state index contributed by atoms with van der Waals surface area (Å²) in [6.45, 7) is 0.224. The van der Waals surface area contributed by atoms with Gasteiger partial charge in [-0.25, -0.2) is 27.0 Å². The van der Waals surface area contributed by atoms with Gasteiger partial charge in [0.15, 0.2) is 15.1 Å². The van der Waals surface area contributed by atoms with E-state index in [0.717, 1.165) is 39.0 Å².